The largest absolute Gasteiger partial charge is 0.441 e. The minimum Gasteiger partial charge on any atom is -0.441 e. The van der Waals surface area contributed by atoms with Crippen molar-refractivity contribution in [2.24, 2.45) is 5.73 Å². The van der Waals surface area contributed by atoms with E-state index in [0.717, 1.165) is 15.6 Å². The average Bonchev–Trinajstić information content (AvgIpc) is 2.44. The minimum atomic E-state index is 0.0755. The number of halogens is 1. The van der Waals surface area contributed by atoms with Crippen LogP contribution in [0.1, 0.15) is 12.8 Å². The molecular formula is C10H11BrN2O. The van der Waals surface area contributed by atoms with Gasteiger partial charge in [-0.05, 0) is 25.1 Å². The molecule has 1 aromatic carbocycles. The van der Waals surface area contributed by atoms with Crippen LogP contribution in [0.15, 0.2) is 27.1 Å². The molecule has 0 aliphatic heterocycles. The van der Waals surface area contributed by atoms with Gasteiger partial charge >= 0.3 is 0 Å². The summed E-state index contributed by atoms with van der Waals surface area (Å²) in [5.41, 5.74) is 7.35. The molecule has 2 N–H and O–H groups in total. The second kappa shape index (κ2) is 3.71. The fourth-order valence-electron chi connectivity index (χ4n) is 1.31. The highest BCUT2D eigenvalue weighted by molar-refractivity contribution is 9.10. The first-order valence-corrected chi connectivity index (χ1v) is 5.25. The van der Waals surface area contributed by atoms with Crippen LogP contribution in [0, 0.1) is 0 Å². The van der Waals surface area contributed by atoms with Gasteiger partial charge in [-0.2, -0.15) is 0 Å². The van der Waals surface area contributed by atoms with Gasteiger partial charge < -0.3 is 10.2 Å². The minimum absolute atomic E-state index is 0.0755. The lowest BCUT2D eigenvalue weighted by molar-refractivity contribution is 0.507. The number of rotatable bonds is 2. The Hall–Kier alpha value is -0.870. The number of hydrogen-bond donors (Lipinski definition) is 1. The van der Waals surface area contributed by atoms with Crippen LogP contribution in [-0.2, 0) is 6.42 Å². The van der Waals surface area contributed by atoms with Gasteiger partial charge in [-0.1, -0.05) is 15.9 Å². The van der Waals surface area contributed by atoms with E-state index in [9.17, 15) is 0 Å². The van der Waals surface area contributed by atoms with Crippen LogP contribution in [0.3, 0.4) is 0 Å². The Morgan fingerprint density at radius 1 is 1.57 bits per heavy atom. The van der Waals surface area contributed by atoms with E-state index in [1.807, 2.05) is 25.1 Å². The second-order valence-electron chi connectivity index (χ2n) is 3.40. The number of nitrogens with zero attached hydrogens (tertiary/aromatic N) is 1. The summed E-state index contributed by atoms with van der Waals surface area (Å²) in [5.74, 6) is 0.702. The van der Waals surface area contributed by atoms with Crippen LogP contribution in [0.25, 0.3) is 11.1 Å². The van der Waals surface area contributed by atoms with Crippen LogP contribution in [0.4, 0.5) is 0 Å². The zero-order chi connectivity index (χ0) is 10.1. The Labute approximate surface area is 90.4 Å². The predicted octanol–water partition coefficient (Wildman–Crippen LogP) is 2.48. The molecule has 2 rings (SSSR count). The summed E-state index contributed by atoms with van der Waals surface area (Å²) in [6, 6.07) is 5.84. The Bertz CT molecular complexity index is 450. The zero-order valence-electron chi connectivity index (χ0n) is 7.83. The molecule has 0 aliphatic rings. The lowest BCUT2D eigenvalue weighted by Gasteiger charge is -1.97. The maximum atomic E-state index is 5.67. The molecule has 0 fully saturated rings. The van der Waals surface area contributed by atoms with Gasteiger partial charge in [0.2, 0.25) is 0 Å². The topological polar surface area (TPSA) is 52.0 Å². The van der Waals surface area contributed by atoms with E-state index in [1.54, 1.807) is 0 Å². The van der Waals surface area contributed by atoms with Crippen molar-refractivity contribution >= 4 is 27.0 Å². The van der Waals surface area contributed by atoms with Crippen molar-refractivity contribution in [2.75, 3.05) is 0 Å². The normalized spacial score (nSPS) is 13.4. The van der Waals surface area contributed by atoms with Crippen molar-refractivity contribution in [1.29, 1.82) is 0 Å². The second-order valence-corrected chi connectivity index (χ2v) is 4.32. The fourth-order valence-corrected chi connectivity index (χ4v) is 1.66. The molecule has 0 aliphatic carbocycles. The Balaban J connectivity index is 2.41. The lowest BCUT2D eigenvalue weighted by atomic mass is 10.2. The van der Waals surface area contributed by atoms with E-state index in [-0.39, 0.29) is 6.04 Å². The van der Waals surface area contributed by atoms with Gasteiger partial charge in [0.05, 0.1) is 0 Å². The summed E-state index contributed by atoms with van der Waals surface area (Å²) in [5, 5.41) is 0. The average molecular weight is 255 g/mol. The molecule has 0 bridgehead atoms. The van der Waals surface area contributed by atoms with Crippen LogP contribution in [-0.4, -0.2) is 11.0 Å². The van der Waals surface area contributed by atoms with Crippen LogP contribution < -0.4 is 5.73 Å². The molecule has 4 heteroatoms. The first-order valence-electron chi connectivity index (χ1n) is 4.45. The van der Waals surface area contributed by atoms with Crippen LogP contribution >= 0.6 is 15.9 Å². The highest BCUT2D eigenvalue weighted by Crippen LogP contribution is 2.20. The SMILES string of the molecule is CC(N)Cc1nc2cc(Br)ccc2o1. The molecule has 2 aromatic rings. The summed E-state index contributed by atoms with van der Waals surface area (Å²) in [7, 11) is 0. The molecule has 3 nitrogen and oxygen atoms in total. The molecule has 0 spiro atoms. The Morgan fingerprint density at radius 2 is 2.36 bits per heavy atom. The number of hydrogen-bond acceptors (Lipinski definition) is 3. The van der Waals surface area contributed by atoms with E-state index in [1.165, 1.54) is 0 Å². The number of nitrogens with two attached hydrogens (primary N) is 1. The Kier molecular flexibility index (Phi) is 2.56. The van der Waals surface area contributed by atoms with Gasteiger partial charge in [0.1, 0.15) is 5.52 Å². The van der Waals surface area contributed by atoms with Gasteiger partial charge in [-0.3, -0.25) is 0 Å². The summed E-state index contributed by atoms with van der Waals surface area (Å²) in [4.78, 5) is 4.34. The third-order valence-electron chi connectivity index (χ3n) is 1.89. The van der Waals surface area contributed by atoms with E-state index < -0.39 is 0 Å². The molecule has 1 heterocycles. The van der Waals surface area contributed by atoms with Crippen molar-refractivity contribution < 1.29 is 4.42 Å². The molecule has 1 atom stereocenters. The first-order chi connectivity index (χ1) is 6.65. The van der Waals surface area contributed by atoms with Crippen molar-refractivity contribution in [3.05, 3.63) is 28.6 Å². The predicted molar refractivity (Wildman–Crippen MR) is 59.1 cm³/mol. The first kappa shape index (κ1) is 9.68. The van der Waals surface area contributed by atoms with Crippen molar-refractivity contribution in [2.45, 2.75) is 19.4 Å². The molecule has 14 heavy (non-hydrogen) atoms. The molecule has 0 radical (unpaired) electrons. The van der Waals surface area contributed by atoms with E-state index >= 15 is 0 Å². The molecule has 0 saturated carbocycles. The number of aromatic nitrogens is 1. The van der Waals surface area contributed by atoms with E-state index in [4.69, 9.17) is 10.2 Å². The van der Waals surface area contributed by atoms with Crippen LogP contribution in [0.2, 0.25) is 0 Å². The summed E-state index contributed by atoms with van der Waals surface area (Å²) in [6.07, 6.45) is 0.673. The van der Waals surface area contributed by atoms with Gasteiger partial charge in [0.15, 0.2) is 11.5 Å². The molecule has 0 amide bonds. The maximum Gasteiger partial charge on any atom is 0.197 e. The standard InChI is InChI=1S/C10H11BrN2O/c1-6(12)4-10-13-8-5-7(11)2-3-9(8)14-10/h2-3,5-6H,4,12H2,1H3. The Morgan fingerprint density at radius 3 is 3.07 bits per heavy atom. The summed E-state index contributed by atoms with van der Waals surface area (Å²) < 4.78 is 6.53. The molecule has 1 unspecified atom stereocenters. The lowest BCUT2D eigenvalue weighted by Crippen LogP contribution is -2.17. The summed E-state index contributed by atoms with van der Waals surface area (Å²) >= 11 is 3.39. The highest BCUT2D eigenvalue weighted by atomic mass is 79.9. The van der Waals surface area contributed by atoms with Gasteiger partial charge in [0, 0.05) is 16.9 Å². The van der Waals surface area contributed by atoms with E-state index in [2.05, 4.69) is 20.9 Å². The quantitative estimate of drug-likeness (QED) is 0.896. The maximum absolute atomic E-state index is 5.67. The third-order valence-corrected chi connectivity index (χ3v) is 2.38. The monoisotopic (exact) mass is 254 g/mol. The molecule has 74 valence electrons. The van der Waals surface area contributed by atoms with Crippen molar-refractivity contribution in [1.82, 2.24) is 4.98 Å². The summed E-state index contributed by atoms with van der Waals surface area (Å²) in [6.45, 7) is 1.94. The molecule has 0 saturated heterocycles. The van der Waals surface area contributed by atoms with Crippen LogP contribution in [0.5, 0.6) is 0 Å². The van der Waals surface area contributed by atoms with Gasteiger partial charge in [0.25, 0.3) is 0 Å². The van der Waals surface area contributed by atoms with Gasteiger partial charge in [-0.15, -0.1) is 0 Å². The van der Waals surface area contributed by atoms with E-state index in [0.29, 0.717) is 12.3 Å². The zero-order valence-corrected chi connectivity index (χ0v) is 9.41. The fraction of sp³-hybridized carbons (Fsp3) is 0.300. The number of benzene rings is 1. The van der Waals surface area contributed by atoms with Crippen molar-refractivity contribution in [3.8, 4) is 0 Å². The third kappa shape index (κ3) is 1.96. The highest BCUT2D eigenvalue weighted by Gasteiger charge is 2.07. The number of fused-ring (bicyclic) bond motifs is 1. The molecular weight excluding hydrogens is 244 g/mol. The number of oxazole rings is 1. The smallest absolute Gasteiger partial charge is 0.197 e. The van der Waals surface area contributed by atoms with Gasteiger partial charge in [-0.25, -0.2) is 4.98 Å². The molecule has 1 aromatic heterocycles. The van der Waals surface area contributed by atoms with Crippen molar-refractivity contribution in [3.63, 3.8) is 0 Å².